The van der Waals surface area contributed by atoms with E-state index >= 15 is 0 Å². The molecule has 7 nitrogen and oxygen atoms in total. The number of pyridine rings is 1. The van der Waals surface area contributed by atoms with Gasteiger partial charge in [-0.1, -0.05) is 6.58 Å². The first-order valence-electron chi connectivity index (χ1n) is 11.2. The Morgan fingerprint density at radius 1 is 1.34 bits per heavy atom. The molecule has 0 aliphatic carbocycles. The molecule has 35 heavy (non-hydrogen) atoms. The minimum absolute atomic E-state index is 0. The number of benzene rings is 1. The summed E-state index contributed by atoms with van der Waals surface area (Å²) in [5.41, 5.74) is 2.72. The summed E-state index contributed by atoms with van der Waals surface area (Å²) in [5.74, 6) is -0.138. The van der Waals surface area contributed by atoms with Gasteiger partial charge in [0.25, 0.3) is 0 Å². The van der Waals surface area contributed by atoms with Gasteiger partial charge in [-0.15, -0.1) is 11.3 Å². The normalized spacial score (nSPS) is 17.3. The molecule has 1 atom stereocenters. The molecule has 4 heterocycles. The predicted octanol–water partition coefficient (Wildman–Crippen LogP) is 4.40. The number of hydrogen-bond donors (Lipinski definition) is 1. The number of nitrogens with zero attached hydrogens (tertiary/aromatic N) is 4. The first-order chi connectivity index (χ1) is 16.4. The quantitative estimate of drug-likeness (QED) is 0.406. The Morgan fingerprint density at radius 2 is 2.14 bits per heavy atom. The number of ether oxygens (including phenoxy) is 1. The predicted molar refractivity (Wildman–Crippen MR) is 131 cm³/mol. The molecule has 2 aromatic heterocycles. The van der Waals surface area contributed by atoms with Gasteiger partial charge in [-0.3, -0.25) is 9.80 Å². The minimum atomic E-state index is -0.391. The van der Waals surface area contributed by atoms with E-state index in [-0.39, 0.29) is 45.0 Å². The standard InChI is InChI=1S/C25H25FN4O3S.Pt/c1-4-21(31)29-8-9-30-16(13-29)12-19(28-30)23-22(24-18(7-10-34-24)25(32)27-23)17-6-5-15(26)11-20(17)33-14(2)3;/h4-7,10-11,14,16H,1,8-9,12-13H2,2-3H3,(H,27,32);. The number of aromatic nitrogens is 1. The zero-order chi connectivity index (χ0) is 24.0. The Balaban J connectivity index is 0.00000289. The summed E-state index contributed by atoms with van der Waals surface area (Å²) in [6.45, 7) is 9.08. The Bertz CT molecular complexity index is 1330. The Morgan fingerprint density at radius 3 is 2.89 bits per heavy atom. The van der Waals surface area contributed by atoms with E-state index in [2.05, 4.69) is 11.6 Å². The number of rotatable bonds is 5. The van der Waals surface area contributed by atoms with Crippen LogP contribution in [-0.2, 0) is 25.9 Å². The number of carbonyl (C=O) groups is 1. The smallest absolute Gasteiger partial charge is 0.246 e. The summed E-state index contributed by atoms with van der Waals surface area (Å²) in [7, 11) is 0. The Kier molecular flexibility index (Phi) is 7.29. The van der Waals surface area contributed by atoms with E-state index in [1.165, 1.54) is 29.5 Å². The molecule has 1 unspecified atom stereocenters. The van der Waals surface area contributed by atoms with Crippen LogP contribution in [0.1, 0.15) is 26.0 Å². The van der Waals surface area contributed by atoms with Crippen molar-refractivity contribution in [1.82, 2.24) is 14.9 Å². The summed E-state index contributed by atoms with van der Waals surface area (Å²) in [4.78, 5) is 18.5. The number of hydrogen-bond acceptors (Lipinski definition) is 7. The van der Waals surface area contributed by atoms with Gasteiger partial charge in [0.2, 0.25) is 11.8 Å². The van der Waals surface area contributed by atoms with Crippen LogP contribution in [0.5, 0.6) is 11.6 Å². The van der Waals surface area contributed by atoms with Crippen LogP contribution >= 0.6 is 11.3 Å². The topological polar surface area (TPSA) is 78.3 Å². The zero-order valence-electron chi connectivity index (χ0n) is 19.3. The molecule has 2 aliphatic rings. The van der Waals surface area contributed by atoms with Crippen LogP contribution < -0.4 is 4.74 Å². The maximum absolute atomic E-state index is 14.2. The largest absolute Gasteiger partial charge is 0.493 e. The number of piperazine rings is 1. The van der Waals surface area contributed by atoms with Crippen LogP contribution in [0.15, 0.2) is 47.4 Å². The van der Waals surface area contributed by atoms with Crippen molar-refractivity contribution in [2.24, 2.45) is 5.10 Å². The van der Waals surface area contributed by atoms with E-state index in [0.29, 0.717) is 48.4 Å². The van der Waals surface area contributed by atoms with Gasteiger partial charge >= 0.3 is 0 Å². The molecular formula is C25H25FN4O3PtS. The van der Waals surface area contributed by atoms with Gasteiger partial charge < -0.3 is 14.7 Å². The van der Waals surface area contributed by atoms with Gasteiger partial charge in [0.15, 0.2) is 0 Å². The first kappa shape index (κ1) is 25.3. The molecule has 5 rings (SSSR count). The monoisotopic (exact) mass is 675 g/mol. The Hall–Kier alpha value is -2.77. The van der Waals surface area contributed by atoms with Crippen LogP contribution in [-0.4, -0.2) is 63.4 Å². The molecule has 2 aliphatic heterocycles. The molecule has 0 saturated carbocycles. The third-order valence-corrected chi connectivity index (χ3v) is 6.98. The van der Waals surface area contributed by atoms with E-state index < -0.39 is 5.82 Å². The van der Waals surface area contributed by atoms with Crippen molar-refractivity contribution in [3.8, 4) is 22.8 Å². The van der Waals surface area contributed by atoms with Crippen LogP contribution in [0.2, 0.25) is 0 Å². The molecule has 3 aromatic rings. The molecule has 0 bridgehead atoms. The summed E-state index contributed by atoms with van der Waals surface area (Å²) in [6.07, 6.45) is 1.75. The van der Waals surface area contributed by atoms with Gasteiger partial charge in [0, 0.05) is 62.5 Å². The number of halogens is 1. The molecule has 1 amide bonds. The molecule has 186 valence electrons. The molecular weight excluding hydrogens is 650 g/mol. The van der Waals surface area contributed by atoms with Crippen molar-refractivity contribution >= 4 is 33.0 Å². The second-order valence-corrected chi connectivity index (χ2v) is 9.60. The van der Waals surface area contributed by atoms with Crippen molar-refractivity contribution in [1.29, 1.82) is 0 Å². The molecule has 0 spiro atoms. The van der Waals surface area contributed by atoms with E-state index in [1.807, 2.05) is 30.3 Å². The van der Waals surface area contributed by atoms with Crippen molar-refractivity contribution in [3.63, 3.8) is 0 Å². The number of hydrazone groups is 1. The Labute approximate surface area is 221 Å². The van der Waals surface area contributed by atoms with Crippen molar-refractivity contribution in [2.45, 2.75) is 32.4 Å². The van der Waals surface area contributed by atoms with Crippen LogP contribution in [0.4, 0.5) is 4.39 Å². The van der Waals surface area contributed by atoms with E-state index in [4.69, 9.17) is 9.84 Å². The molecule has 1 saturated heterocycles. The second-order valence-electron chi connectivity index (χ2n) is 8.69. The molecule has 0 radical (unpaired) electrons. The SMILES string of the molecule is C=CC(=O)N1CCN2N=C(c3nc(O)c4ccsc4c3-c3ccc(F)cc3OC(C)C)CC2C1.[Pt]. The maximum Gasteiger partial charge on any atom is 0.246 e. The fourth-order valence-corrected chi connectivity index (χ4v) is 5.51. The molecule has 1 N–H and O–H groups in total. The summed E-state index contributed by atoms with van der Waals surface area (Å²) in [5, 5.41) is 20.0. The van der Waals surface area contributed by atoms with Gasteiger partial charge in [-0.25, -0.2) is 9.37 Å². The van der Waals surface area contributed by atoms with E-state index in [0.717, 1.165) is 16.0 Å². The number of carbonyl (C=O) groups excluding carboxylic acids is 1. The fourth-order valence-electron chi connectivity index (χ4n) is 4.56. The number of amides is 1. The summed E-state index contributed by atoms with van der Waals surface area (Å²) in [6, 6.07) is 6.31. The first-order valence-corrected chi connectivity index (χ1v) is 12.1. The fraction of sp³-hybridized carbons (Fsp3) is 0.320. The van der Waals surface area contributed by atoms with Gasteiger partial charge in [-0.05, 0) is 43.5 Å². The minimum Gasteiger partial charge on any atom is -0.493 e. The number of aromatic hydroxyl groups is 1. The van der Waals surface area contributed by atoms with Crippen molar-refractivity contribution < 1.29 is 40.1 Å². The third-order valence-electron chi connectivity index (χ3n) is 6.05. The summed E-state index contributed by atoms with van der Waals surface area (Å²) >= 11 is 1.48. The maximum atomic E-state index is 14.2. The average Bonchev–Trinajstić information content (AvgIpc) is 3.46. The third kappa shape index (κ3) is 4.71. The van der Waals surface area contributed by atoms with Gasteiger partial charge in [0.1, 0.15) is 11.6 Å². The number of thiophene rings is 1. The molecule has 1 fully saturated rings. The van der Waals surface area contributed by atoms with E-state index in [9.17, 15) is 14.3 Å². The van der Waals surface area contributed by atoms with E-state index in [1.54, 1.807) is 11.0 Å². The van der Waals surface area contributed by atoms with Crippen LogP contribution in [0.25, 0.3) is 21.2 Å². The van der Waals surface area contributed by atoms with Crippen molar-refractivity contribution in [2.75, 3.05) is 19.6 Å². The van der Waals surface area contributed by atoms with Crippen LogP contribution in [0.3, 0.4) is 0 Å². The number of fused-ring (bicyclic) bond motifs is 2. The molecule has 10 heteroatoms. The summed E-state index contributed by atoms with van der Waals surface area (Å²) < 4.78 is 21.0. The van der Waals surface area contributed by atoms with Crippen molar-refractivity contribution in [3.05, 3.63) is 53.8 Å². The zero-order valence-corrected chi connectivity index (χ0v) is 22.4. The van der Waals surface area contributed by atoms with Gasteiger partial charge in [0.05, 0.1) is 35.5 Å². The average molecular weight is 676 g/mol. The van der Waals surface area contributed by atoms with Crippen LogP contribution in [0, 0.1) is 5.82 Å². The second kappa shape index (κ2) is 10.1. The molecule has 1 aromatic carbocycles. The van der Waals surface area contributed by atoms with Gasteiger partial charge in [-0.2, -0.15) is 5.10 Å².